The average Bonchev–Trinajstić information content (AvgIpc) is 2.86. The van der Waals surface area contributed by atoms with Crippen molar-refractivity contribution >= 4 is 17.3 Å². The van der Waals surface area contributed by atoms with Crippen LogP contribution >= 0.6 is 11.6 Å². The molecular formula is C14H12ClFN2O2. The first-order valence-electron chi connectivity index (χ1n) is 6.09. The van der Waals surface area contributed by atoms with E-state index >= 15 is 0 Å². The largest absolute Gasteiger partial charge is 0.454 e. The molecule has 0 saturated carbocycles. The summed E-state index contributed by atoms with van der Waals surface area (Å²) in [7, 11) is 0. The molecule has 1 atom stereocenters. The second kappa shape index (κ2) is 5.17. The normalized spacial score (nSPS) is 14.2. The minimum absolute atomic E-state index is 0.143. The topological polar surface area (TPSA) is 43.4 Å². The fraction of sp³-hybridized carbons (Fsp3) is 0.214. The number of benzene rings is 1. The Balaban J connectivity index is 1.84. The minimum atomic E-state index is -0.368. The third-order valence-corrected chi connectivity index (χ3v) is 3.37. The van der Waals surface area contributed by atoms with Gasteiger partial charge in [0.05, 0.1) is 22.9 Å². The van der Waals surface area contributed by atoms with Crippen LogP contribution < -0.4 is 14.8 Å². The van der Waals surface area contributed by atoms with E-state index in [9.17, 15) is 4.39 Å². The van der Waals surface area contributed by atoms with Gasteiger partial charge in [-0.25, -0.2) is 4.39 Å². The van der Waals surface area contributed by atoms with E-state index in [0.717, 1.165) is 5.56 Å². The molecule has 2 aromatic rings. The molecule has 0 saturated heterocycles. The molecule has 0 bridgehead atoms. The molecule has 1 unspecified atom stereocenters. The van der Waals surface area contributed by atoms with Gasteiger partial charge >= 0.3 is 0 Å². The highest BCUT2D eigenvalue weighted by atomic mass is 35.5. The highest BCUT2D eigenvalue weighted by molar-refractivity contribution is 6.33. The first-order chi connectivity index (χ1) is 9.63. The molecule has 2 heterocycles. The molecule has 1 aromatic heterocycles. The van der Waals surface area contributed by atoms with E-state index in [2.05, 4.69) is 10.3 Å². The van der Waals surface area contributed by atoms with Gasteiger partial charge in [0.2, 0.25) is 6.79 Å². The van der Waals surface area contributed by atoms with Gasteiger partial charge in [0.15, 0.2) is 11.5 Å². The SMILES string of the molecule is CC(Nc1cc2c(cc1Cl)OCO2)c1cncc(F)c1. The number of fused-ring (bicyclic) bond motifs is 1. The van der Waals surface area contributed by atoms with Crippen LogP contribution in [0.4, 0.5) is 10.1 Å². The number of hydrogen-bond donors (Lipinski definition) is 1. The predicted octanol–water partition coefficient (Wildman–Crippen LogP) is 3.78. The highest BCUT2D eigenvalue weighted by Gasteiger charge is 2.18. The lowest BCUT2D eigenvalue weighted by atomic mass is 10.1. The van der Waals surface area contributed by atoms with E-state index in [4.69, 9.17) is 21.1 Å². The molecule has 1 aliphatic rings. The standard InChI is InChI=1S/C14H12ClFN2O2/c1-8(9-2-10(16)6-17-5-9)18-12-4-14-13(3-11(12)15)19-7-20-14/h2-6,8,18H,7H2,1H3. The molecule has 0 aliphatic carbocycles. The van der Waals surface area contributed by atoms with Crippen LogP contribution in [0.3, 0.4) is 0 Å². The lowest BCUT2D eigenvalue weighted by Gasteiger charge is -2.17. The van der Waals surface area contributed by atoms with E-state index < -0.39 is 0 Å². The number of hydrogen-bond acceptors (Lipinski definition) is 4. The number of rotatable bonds is 3. The maximum absolute atomic E-state index is 13.2. The maximum Gasteiger partial charge on any atom is 0.231 e. The number of anilines is 1. The van der Waals surface area contributed by atoms with Crippen molar-refractivity contribution in [3.05, 3.63) is 47.0 Å². The van der Waals surface area contributed by atoms with Crippen LogP contribution in [0.2, 0.25) is 5.02 Å². The lowest BCUT2D eigenvalue weighted by Crippen LogP contribution is -2.07. The summed E-state index contributed by atoms with van der Waals surface area (Å²) in [5.41, 5.74) is 1.44. The highest BCUT2D eigenvalue weighted by Crippen LogP contribution is 2.40. The molecule has 104 valence electrons. The van der Waals surface area contributed by atoms with Gasteiger partial charge in [0.25, 0.3) is 0 Å². The molecule has 3 rings (SSSR count). The van der Waals surface area contributed by atoms with E-state index in [1.165, 1.54) is 12.3 Å². The van der Waals surface area contributed by atoms with Gasteiger partial charge in [-0.2, -0.15) is 0 Å². The summed E-state index contributed by atoms with van der Waals surface area (Å²) in [5, 5.41) is 3.73. The Kier molecular flexibility index (Phi) is 3.36. The smallest absolute Gasteiger partial charge is 0.231 e. The number of nitrogens with one attached hydrogen (secondary N) is 1. The summed E-state index contributed by atoms with van der Waals surface area (Å²) in [6.07, 6.45) is 2.78. The van der Waals surface area contributed by atoms with Crippen LogP contribution in [-0.4, -0.2) is 11.8 Å². The average molecular weight is 295 g/mol. The predicted molar refractivity (Wildman–Crippen MR) is 73.8 cm³/mol. The number of ether oxygens (including phenoxy) is 2. The van der Waals surface area contributed by atoms with E-state index in [1.807, 2.05) is 6.92 Å². The number of aromatic nitrogens is 1. The Morgan fingerprint density at radius 3 is 2.75 bits per heavy atom. The molecule has 0 spiro atoms. The van der Waals surface area contributed by atoms with Crippen molar-refractivity contribution in [3.63, 3.8) is 0 Å². The number of nitrogens with zero attached hydrogens (tertiary/aromatic N) is 1. The van der Waals surface area contributed by atoms with Crippen molar-refractivity contribution in [2.24, 2.45) is 0 Å². The zero-order valence-corrected chi connectivity index (χ0v) is 11.4. The summed E-state index contributed by atoms with van der Waals surface area (Å²) in [5.74, 6) is 0.898. The quantitative estimate of drug-likeness (QED) is 0.935. The van der Waals surface area contributed by atoms with Crippen molar-refractivity contribution in [1.82, 2.24) is 4.98 Å². The third-order valence-electron chi connectivity index (χ3n) is 3.06. The summed E-state index contributed by atoms with van der Waals surface area (Å²) in [6.45, 7) is 2.09. The van der Waals surface area contributed by atoms with Gasteiger partial charge in [-0.15, -0.1) is 0 Å². The summed E-state index contributed by atoms with van der Waals surface area (Å²) < 4.78 is 23.7. The third kappa shape index (κ3) is 2.49. The Morgan fingerprint density at radius 1 is 1.25 bits per heavy atom. The van der Waals surface area contributed by atoms with Crippen LogP contribution in [0.15, 0.2) is 30.6 Å². The lowest BCUT2D eigenvalue weighted by molar-refractivity contribution is 0.174. The van der Waals surface area contributed by atoms with E-state index in [-0.39, 0.29) is 18.7 Å². The fourth-order valence-electron chi connectivity index (χ4n) is 2.01. The van der Waals surface area contributed by atoms with E-state index in [1.54, 1.807) is 18.3 Å². The minimum Gasteiger partial charge on any atom is -0.454 e. The van der Waals surface area contributed by atoms with Crippen molar-refractivity contribution in [2.75, 3.05) is 12.1 Å². The fourth-order valence-corrected chi connectivity index (χ4v) is 2.22. The van der Waals surface area contributed by atoms with Gasteiger partial charge in [0, 0.05) is 18.3 Å². The maximum atomic E-state index is 13.2. The van der Waals surface area contributed by atoms with Crippen LogP contribution in [0, 0.1) is 5.82 Å². The van der Waals surface area contributed by atoms with Crippen LogP contribution in [-0.2, 0) is 0 Å². The summed E-state index contributed by atoms with van der Waals surface area (Å²) >= 11 is 6.18. The molecule has 20 heavy (non-hydrogen) atoms. The zero-order chi connectivity index (χ0) is 14.1. The Morgan fingerprint density at radius 2 is 2.00 bits per heavy atom. The molecule has 1 aliphatic heterocycles. The van der Waals surface area contributed by atoms with Crippen LogP contribution in [0.5, 0.6) is 11.5 Å². The Labute approximate surface area is 120 Å². The number of halogens is 2. The van der Waals surface area contributed by atoms with Crippen molar-refractivity contribution < 1.29 is 13.9 Å². The monoisotopic (exact) mass is 294 g/mol. The summed E-state index contributed by atoms with van der Waals surface area (Å²) in [6, 6.07) is 4.76. The summed E-state index contributed by atoms with van der Waals surface area (Å²) in [4.78, 5) is 3.83. The van der Waals surface area contributed by atoms with Gasteiger partial charge in [0.1, 0.15) is 5.82 Å². The van der Waals surface area contributed by atoms with Crippen molar-refractivity contribution in [1.29, 1.82) is 0 Å². The van der Waals surface area contributed by atoms with E-state index in [0.29, 0.717) is 22.2 Å². The molecule has 0 fully saturated rings. The Hall–Kier alpha value is -2.01. The van der Waals surface area contributed by atoms with Gasteiger partial charge in [-0.3, -0.25) is 4.98 Å². The first kappa shape index (κ1) is 13.0. The number of pyridine rings is 1. The Bertz CT molecular complexity index is 651. The molecule has 0 radical (unpaired) electrons. The molecule has 0 amide bonds. The molecule has 1 N–H and O–H groups in total. The van der Waals surface area contributed by atoms with Gasteiger partial charge in [-0.05, 0) is 18.6 Å². The molecule has 6 heteroatoms. The zero-order valence-electron chi connectivity index (χ0n) is 10.7. The molecule has 4 nitrogen and oxygen atoms in total. The van der Waals surface area contributed by atoms with Crippen molar-refractivity contribution in [2.45, 2.75) is 13.0 Å². The van der Waals surface area contributed by atoms with Crippen LogP contribution in [0.1, 0.15) is 18.5 Å². The van der Waals surface area contributed by atoms with Crippen LogP contribution in [0.25, 0.3) is 0 Å². The first-order valence-corrected chi connectivity index (χ1v) is 6.47. The second-order valence-corrected chi connectivity index (χ2v) is 4.90. The van der Waals surface area contributed by atoms with Crippen molar-refractivity contribution in [3.8, 4) is 11.5 Å². The molecular weight excluding hydrogens is 283 g/mol. The molecule has 1 aromatic carbocycles. The van der Waals surface area contributed by atoms with Gasteiger partial charge in [-0.1, -0.05) is 11.6 Å². The van der Waals surface area contributed by atoms with Gasteiger partial charge < -0.3 is 14.8 Å². The second-order valence-electron chi connectivity index (χ2n) is 4.49.